The molecular weight excluding hydrogens is 567 g/mol. The van der Waals surface area contributed by atoms with Gasteiger partial charge in [0.1, 0.15) is 17.4 Å². The molecule has 0 aliphatic carbocycles. The number of rotatable bonds is 15. The molecule has 8 heteroatoms. The molecule has 3 aromatic rings. The van der Waals surface area contributed by atoms with Gasteiger partial charge in [0.15, 0.2) is 5.58 Å². The molecule has 1 aromatic carbocycles. The van der Waals surface area contributed by atoms with Gasteiger partial charge in [-0.05, 0) is 38.3 Å². The highest BCUT2D eigenvalue weighted by atomic mass is 19.1. The molecule has 2 aliphatic rings. The molecule has 1 saturated heterocycles. The van der Waals surface area contributed by atoms with E-state index in [1.807, 2.05) is 11.5 Å². The van der Waals surface area contributed by atoms with Crippen molar-refractivity contribution in [3.05, 3.63) is 69.5 Å². The average molecular weight is 622 g/mol. The summed E-state index contributed by atoms with van der Waals surface area (Å²) in [4.78, 5) is 18.4. The van der Waals surface area contributed by atoms with Crippen LogP contribution in [0.15, 0.2) is 39.9 Å². The monoisotopic (exact) mass is 621 g/mol. The van der Waals surface area contributed by atoms with E-state index < -0.39 is 0 Å². The Morgan fingerprint density at radius 1 is 1.16 bits per heavy atom. The summed E-state index contributed by atoms with van der Waals surface area (Å²) in [7, 11) is 0. The maximum absolute atomic E-state index is 13.8. The fourth-order valence-corrected chi connectivity index (χ4v) is 7.30. The first kappa shape index (κ1) is 33.4. The minimum atomic E-state index is -0.316. The number of hydrogen-bond acceptors (Lipinski definition) is 5. The lowest BCUT2D eigenvalue weighted by atomic mass is 9.85. The highest BCUT2D eigenvalue weighted by Crippen LogP contribution is 2.37. The molecule has 0 spiro atoms. The lowest BCUT2D eigenvalue weighted by Gasteiger charge is -2.43. The number of unbranched alkanes of at least 4 members (excludes halogenated alkanes) is 5. The van der Waals surface area contributed by atoms with E-state index in [0.717, 1.165) is 103 Å². The van der Waals surface area contributed by atoms with Crippen molar-refractivity contribution in [2.24, 2.45) is 5.41 Å². The van der Waals surface area contributed by atoms with E-state index in [0.29, 0.717) is 18.7 Å². The van der Waals surface area contributed by atoms with Crippen LogP contribution in [0.2, 0.25) is 0 Å². The van der Waals surface area contributed by atoms with Crippen LogP contribution in [0.4, 0.5) is 4.39 Å². The van der Waals surface area contributed by atoms with Gasteiger partial charge in [-0.2, -0.15) is 0 Å². The number of fused-ring (bicyclic) bond motifs is 2. The first-order chi connectivity index (χ1) is 21.6. The number of aryl methyl sites for hydroxylation is 2. The van der Waals surface area contributed by atoms with Crippen LogP contribution in [-0.2, 0) is 24.1 Å². The lowest BCUT2D eigenvalue weighted by Crippen LogP contribution is -2.55. The van der Waals surface area contributed by atoms with Crippen molar-refractivity contribution in [1.82, 2.24) is 14.7 Å². The largest absolute Gasteiger partial charge is 0.450 e. The van der Waals surface area contributed by atoms with Crippen LogP contribution in [0.5, 0.6) is 0 Å². The lowest BCUT2D eigenvalue weighted by molar-refractivity contribution is -0.949. The highest BCUT2D eigenvalue weighted by molar-refractivity contribution is 5.79. The number of hydrogen-bond donors (Lipinski definition) is 0. The molecule has 0 bridgehead atoms. The molecule has 246 valence electrons. The van der Waals surface area contributed by atoms with Crippen LogP contribution in [0.1, 0.15) is 120 Å². The molecule has 45 heavy (non-hydrogen) atoms. The number of quaternary nitrogens is 1. The van der Waals surface area contributed by atoms with Gasteiger partial charge in [-0.1, -0.05) is 71.0 Å². The van der Waals surface area contributed by atoms with Gasteiger partial charge < -0.3 is 9.26 Å². The third-order valence-corrected chi connectivity index (χ3v) is 10.6. The van der Waals surface area contributed by atoms with Crippen molar-refractivity contribution in [1.29, 1.82) is 0 Å². The summed E-state index contributed by atoms with van der Waals surface area (Å²) in [6.45, 7) is 17.1. The Morgan fingerprint density at radius 3 is 2.69 bits per heavy atom. The summed E-state index contributed by atoms with van der Waals surface area (Å²) in [6.07, 6.45) is 14.2. The SMILES string of the molecule is C=C(OC[N+]1(CCc2c(C)nc3n(c2=O)CCCC3)CCC(c2noc3cc(F)ccc23)CC1)C(C)(C)CCCCCCCC. The number of nitrogens with zero attached hydrogens (tertiary/aromatic N) is 4. The maximum atomic E-state index is 13.8. The van der Waals surface area contributed by atoms with E-state index in [-0.39, 0.29) is 22.7 Å². The molecule has 0 N–H and O–H groups in total. The van der Waals surface area contributed by atoms with Crippen LogP contribution in [0, 0.1) is 18.2 Å². The Labute approximate surface area is 268 Å². The third kappa shape index (κ3) is 7.87. The first-order valence-electron chi connectivity index (χ1n) is 17.4. The van der Waals surface area contributed by atoms with Crippen molar-refractivity contribution in [3.8, 4) is 0 Å². The van der Waals surface area contributed by atoms with Gasteiger partial charge in [-0.25, -0.2) is 9.37 Å². The molecular formula is C37H54FN4O3+. The van der Waals surface area contributed by atoms with Crippen LogP contribution < -0.4 is 5.56 Å². The second kappa shape index (κ2) is 14.6. The van der Waals surface area contributed by atoms with E-state index in [2.05, 4.69) is 32.5 Å². The number of ether oxygens (including phenoxy) is 1. The summed E-state index contributed by atoms with van der Waals surface area (Å²) in [5, 5.41) is 5.27. The molecule has 2 aromatic heterocycles. The molecule has 4 heterocycles. The highest BCUT2D eigenvalue weighted by Gasteiger charge is 2.38. The number of halogens is 1. The normalized spacial score (nSPS) is 20.3. The van der Waals surface area contributed by atoms with Crippen LogP contribution >= 0.6 is 0 Å². The van der Waals surface area contributed by atoms with E-state index >= 15 is 0 Å². The van der Waals surface area contributed by atoms with Gasteiger partial charge in [-0.3, -0.25) is 13.8 Å². The second-order valence-corrected chi connectivity index (χ2v) is 14.3. The van der Waals surface area contributed by atoms with Gasteiger partial charge in [0.25, 0.3) is 5.56 Å². The number of aromatic nitrogens is 3. The fourth-order valence-electron chi connectivity index (χ4n) is 7.30. The van der Waals surface area contributed by atoms with E-state index in [1.54, 1.807) is 6.07 Å². The minimum absolute atomic E-state index is 0.0974. The van der Waals surface area contributed by atoms with Gasteiger partial charge in [-0.15, -0.1) is 0 Å². The number of piperidine rings is 1. The Balaban J connectivity index is 1.29. The average Bonchev–Trinajstić information content (AvgIpc) is 3.44. The molecule has 1 fully saturated rings. The van der Waals surface area contributed by atoms with Gasteiger partial charge in [0, 0.05) is 66.3 Å². The minimum Gasteiger partial charge on any atom is -0.450 e. The number of benzene rings is 1. The zero-order chi connectivity index (χ0) is 32.0. The topological polar surface area (TPSA) is 70.2 Å². The standard InChI is InChI=1S/C37H54FN4O3/c1-6-7-8-9-10-12-20-37(4,5)28(3)44-26-42(24-19-31-27(2)39-34-14-11-13-21-41(34)36(31)43)22-17-29(18-23-42)35-32-16-15-30(38)25-33(32)45-40-35/h15-16,25,29H,3,6-14,17-24,26H2,1-2,4-5H3/q+1. The van der Waals surface area contributed by atoms with Gasteiger partial charge in [0.2, 0.25) is 6.73 Å². The van der Waals surface area contributed by atoms with E-state index in [9.17, 15) is 9.18 Å². The van der Waals surface area contributed by atoms with E-state index in [4.69, 9.17) is 14.2 Å². The second-order valence-electron chi connectivity index (χ2n) is 14.3. The van der Waals surface area contributed by atoms with Gasteiger partial charge in [0.05, 0.1) is 25.3 Å². The molecule has 5 rings (SSSR count). The Morgan fingerprint density at radius 2 is 1.91 bits per heavy atom. The quantitative estimate of drug-likeness (QED) is 0.0969. The van der Waals surface area contributed by atoms with Crippen molar-refractivity contribution >= 4 is 11.0 Å². The number of likely N-dealkylation sites (tertiary alicyclic amines) is 1. The molecule has 0 atom stereocenters. The van der Waals surface area contributed by atoms with Crippen LogP contribution in [0.3, 0.4) is 0 Å². The Kier molecular flexibility index (Phi) is 10.8. The summed E-state index contributed by atoms with van der Waals surface area (Å²) in [6, 6.07) is 4.67. The molecule has 0 saturated carbocycles. The number of allylic oxidation sites excluding steroid dienone is 1. The van der Waals surface area contributed by atoms with E-state index in [1.165, 1.54) is 50.7 Å². The molecule has 0 radical (unpaired) electrons. The molecule has 0 unspecified atom stereocenters. The zero-order valence-electron chi connectivity index (χ0n) is 28.1. The molecule has 0 amide bonds. The Bertz CT molecular complexity index is 1520. The summed E-state index contributed by atoms with van der Waals surface area (Å²) >= 11 is 0. The van der Waals surface area contributed by atoms with Crippen molar-refractivity contribution in [3.63, 3.8) is 0 Å². The summed E-state index contributed by atoms with van der Waals surface area (Å²) in [5.41, 5.74) is 3.16. The van der Waals surface area contributed by atoms with Crippen molar-refractivity contribution in [2.45, 2.75) is 124 Å². The predicted molar refractivity (Wildman–Crippen MR) is 178 cm³/mol. The molecule has 2 aliphatic heterocycles. The maximum Gasteiger partial charge on any atom is 0.257 e. The van der Waals surface area contributed by atoms with Crippen molar-refractivity contribution in [2.75, 3.05) is 26.4 Å². The van der Waals surface area contributed by atoms with Gasteiger partial charge >= 0.3 is 0 Å². The zero-order valence-corrected chi connectivity index (χ0v) is 28.1. The third-order valence-electron chi connectivity index (χ3n) is 10.6. The summed E-state index contributed by atoms with van der Waals surface area (Å²) < 4.78 is 28.6. The van der Waals surface area contributed by atoms with Crippen LogP contribution in [-0.4, -0.2) is 45.6 Å². The Hall–Kier alpha value is -3.00. The predicted octanol–water partition coefficient (Wildman–Crippen LogP) is 8.37. The molecule has 7 nitrogen and oxygen atoms in total. The summed E-state index contributed by atoms with van der Waals surface area (Å²) in [5.74, 6) is 1.70. The first-order valence-corrected chi connectivity index (χ1v) is 17.4. The smallest absolute Gasteiger partial charge is 0.257 e. The van der Waals surface area contributed by atoms with Crippen LogP contribution in [0.25, 0.3) is 11.0 Å². The van der Waals surface area contributed by atoms with Crippen molar-refractivity contribution < 1.29 is 18.1 Å². The fraction of sp³-hybridized carbons (Fsp3) is 0.649.